The SMILES string of the molecule is O=C1CC(N2C(=O)/C(=C/c3ccc(Cl)cc3)SC2=S)C(=O)N1c1ccccc1. The van der Waals surface area contributed by atoms with E-state index in [4.69, 9.17) is 23.8 Å². The molecule has 28 heavy (non-hydrogen) atoms. The number of imide groups is 1. The lowest BCUT2D eigenvalue weighted by Crippen LogP contribution is -2.44. The Labute approximate surface area is 175 Å². The van der Waals surface area contributed by atoms with Crippen LogP contribution in [0.5, 0.6) is 0 Å². The molecule has 0 bridgehead atoms. The molecule has 2 aromatic rings. The van der Waals surface area contributed by atoms with E-state index in [9.17, 15) is 14.4 Å². The lowest BCUT2D eigenvalue weighted by molar-refractivity contribution is -0.129. The largest absolute Gasteiger partial charge is 0.280 e. The summed E-state index contributed by atoms with van der Waals surface area (Å²) in [5, 5.41) is 0.598. The van der Waals surface area contributed by atoms with Gasteiger partial charge in [0.05, 0.1) is 17.0 Å². The van der Waals surface area contributed by atoms with Gasteiger partial charge in [-0.15, -0.1) is 0 Å². The van der Waals surface area contributed by atoms with Crippen molar-refractivity contribution in [2.45, 2.75) is 12.5 Å². The van der Waals surface area contributed by atoms with E-state index in [1.165, 1.54) is 4.90 Å². The highest BCUT2D eigenvalue weighted by molar-refractivity contribution is 8.26. The van der Waals surface area contributed by atoms with Gasteiger partial charge in [0.1, 0.15) is 10.4 Å². The minimum atomic E-state index is -0.920. The number of hydrogen-bond acceptors (Lipinski definition) is 5. The standard InChI is InChI=1S/C20H13ClN2O3S2/c21-13-8-6-12(7-9-13)10-16-19(26)23(20(27)28-16)15-11-17(24)22(18(15)25)14-4-2-1-3-5-14/h1-10,15H,11H2/b16-10-. The third kappa shape index (κ3) is 3.37. The van der Waals surface area contributed by atoms with Gasteiger partial charge in [0, 0.05) is 5.02 Å². The second-order valence-electron chi connectivity index (χ2n) is 6.23. The molecule has 0 aromatic heterocycles. The highest BCUT2D eigenvalue weighted by atomic mass is 35.5. The number of carbonyl (C=O) groups excluding carboxylic acids is 3. The average molecular weight is 429 g/mol. The molecule has 2 heterocycles. The van der Waals surface area contributed by atoms with Gasteiger partial charge >= 0.3 is 0 Å². The van der Waals surface area contributed by atoms with E-state index in [0.717, 1.165) is 22.2 Å². The molecule has 1 atom stereocenters. The van der Waals surface area contributed by atoms with Gasteiger partial charge in [-0.1, -0.05) is 65.9 Å². The van der Waals surface area contributed by atoms with E-state index >= 15 is 0 Å². The van der Waals surface area contributed by atoms with Crippen molar-refractivity contribution < 1.29 is 14.4 Å². The van der Waals surface area contributed by atoms with Crippen molar-refractivity contribution in [1.82, 2.24) is 4.90 Å². The summed E-state index contributed by atoms with van der Waals surface area (Å²) in [6.07, 6.45) is 1.61. The molecular weight excluding hydrogens is 416 g/mol. The van der Waals surface area contributed by atoms with Crippen molar-refractivity contribution in [2.75, 3.05) is 4.90 Å². The van der Waals surface area contributed by atoms with Crippen LogP contribution in [0.2, 0.25) is 5.02 Å². The predicted octanol–water partition coefficient (Wildman–Crippen LogP) is 3.87. The van der Waals surface area contributed by atoms with Gasteiger partial charge in [0.15, 0.2) is 0 Å². The van der Waals surface area contributed by atoms with Crippen LogP contribution in [0.25, 0.3) is 6.08 Å². The molecular formula is C20H13ClN2O3S2. The Morgan fingerprint density at radius 2 is 1.71 bits per heavy atom. The maximum atomic E-state index is 12.9. The topological polar surface area (TPSA) is 57.7 Å². The van der Waals surface area contributed by atoms with Gasteiger partial charge in [-0.25, -0.2) is 4.90 Å². The predicted molar refractivity (Wildman–Crippen MR) is 114 cm³/mol. The smallest absolute Gasteiger partial charge is 0.266 e. The first-order valence-electron chi connectivity index (χ1n) is 8.40. The van der Waals surface area contributed by atoms with Crippen LogP contribution in [0.3, 0.4) is 0 Å². The second kappa shape index (κ2) is 7.50. The molecule has 0 saturated carbocycles. The molecule has 140 valence electrons. The van der Waals surface area contributed by atoms with Crippen molar-refractivity contribution in [2.24, 2.45) is 0 Å². The van der Waals surface area contributed by atoms with Gasteiger partial charge in [0.2, 0.25) is 5.91 Å². The fourth-order valence-corrected chi connectivity index (χ4v) is 4.61. The summed E-state index contributed by atoms with van der Waals surface area (Å²) in [6, 6.07) is 14.8. The fourth-order valence-electron chi connectivity index (χ4n) is 3.12. The van der Waals surface area contributed by atoms with Gasteiger partial charge in [0.25, 0.3) is 11.8 Å². The Balaban J connectivity index is 1.60. The summed E-state index contributed by atoms with van der Waals surface area (Å²) in [7, 11) is 0. The van der Waals surface area contributed by atoms with Crippen LogP contribution in [-0.4, -0.2) is 33.0 Å². The Morgan fingerprint density at radius 3 is 2.39 bits per heavy atom. The quantitative estimate of drug-likeness (QED) is 0.422. The summed E-state index contributed by atoms with van der Waals surface area (Å²) < 4.78 is 0.270. The maximum Gasteiger partial charge on any atom is 0.266 e. The van der Waals surface area contributed by atoms with Gasteiger partial charge in [-0.05, 0) is 35.9 Å². The van der Waals surface area contributed by atoms with Crippen LogP contribution in [0, 0.1) is 0 Å². The monoisotopic (exact) mass is 428 g/mol. The Hall–Kier alpha value is -2.48. The summed E-state index contributed by atoms with van der Waals surface area (Å²) in [4.78, 5) is 41.1. The first-order valence-corrected chi connectivity index (χ1v) is 10.0. The van der Waals surface area contributed by atoms with E-state index in [1.54, 1.807) is 60.7 Å². The zero-order valence-corrected chi connectivity index (χ0v) is 16.8. The number of thioether (sulfide) groups is 1. The minimum Gasteiger partial charge on any atom is -0.280 e. The number of halogens is 1. The molecule has 2 aliphatic rings. The first-order chi connectivity index (χ1) is 13.5. The molecule has 2 aliphatic heterocycles. The number of nitrogens with zero attached hydrogens (tertiary/aromatic N) is 2. The van der Waals surface area contributed by atoms with Crippen LogP contribution in [-0.2, 0) is 14.4 Å². The number of hydrogen-bond donors (Lipinski definition) is 0. The number of thiocarbonyl (C=S) groups is 1. The molecule has 4 rings (SSSR count). The molecule has 1 unspecified atom stereocenters. The van der Waals surface area contributed by atoms with E-state index in [0.29, 0.717) is 15.6 Å². The van der Waals surface area contributed by atoms with Crippen LogP contribution < -0.4 is 4.90 Å². The second-order valence-corrected chi connectivity index (χ2v) is 8.34. The Kier molecular flexibility index (Phi) is 5.05. The number of amides is 3. The third-order valence-electron chi connectivity index (χ3n) is 4.44. The van der Waals surface area contributed by atoms with Gasteiger partial charge in [-0.3, -0.25) is 19.3 Å². The minimum absolute atomic E-state index is 0.0889. The Morgan fingerprint density at radius 1 is 1.04 bits per heavy atom. The van der Waals surface area contributed by atoms with Crippen LogP contribution in [0.4, 0.5) is 5.69 Å². The molecule has 0 spiro atoms. The summed E-state index contributed by atoms with van der Waals surface area (Å²) in [5.41, 5.74) is 1.28. The molecule has 0 radical (unpaired) electrons. The molecule has 0 N–H and O–H groups in total. The highest BCUT2D eigenvalue weighted by Gasteiger charge is 2.48. The number of carbonyl (C=O) groups is 3. The van der Waals surface area contributed by atoms with Crippen molar-refractivity contribution >= 4 is 69.4 Å². The first kappa shape index (κ1) is 18.9. The zero-order chi connectivity index (χ0) is 19.8. The lowest BCUT2D eigenvalue weighted by Gasteiger charge is -2.21. The van der Waals surface area contributed by atoms with E-state index in [2.05, 4.69) is 0 Å². The molecule has 0 aliphatic carbocycles. The molecule has 2 saturated heterocycles. The molecule has 2 fully saturated rings. The van der Waals surface area contributed by atoms with Crippen molar-refractivity contribution in [1.29, 1.82) is 0 Å². The van der Waals surface area contributed by atoms with E-state index in [-0.39, 0.29) is 22.6 Å². The van der Waals surface area contributed by atoms with Crippen molar-refractivity contribution in [3.63, 3.8) is 0 Å². The summed E-state index contributed by atoms with van der Waals surface area (Å²) in [5.74, 6) is -1.16. The molecule has 3 amide bonds. The number of anilines is 1. The van der Waals surface area contributed by atoms with Gasteiger partial charge < -0.3 is 0 Å². The third-order valence-corrected chi connectivity index (χ3v) is 6.02. The average Bonchev–Trinajstić information content (AvgIpc) is 3.12. The van der Waals surface area contributed by atoms with E-state index in [1.807, 2.05) is 0 Å². The number of rotatable bonds is 3. The maximum absolute atomic E-state index is 12.9. The zero-order valence-electron chi connectivity index (χ0n) is 14.4. The number of para-hydroxylation sites is 1. The Bertz CT molecular complexity index is 1020. The molecule has 5 nitrogen and oxygen atoms in total. The van der Waals surface area contributed by atoms with Crippen LogP contribution >= 0.6 is 35.6 Å². The van der Waals surface area contributed by atoms with Gasteiger partial charge in [-0.2, -0.15) is 0 Å². The van der Waals surface area contributed by atoms with E-state index < -0.39 is 11.9 Å². The molecule has 8 heteroatoms. The highest BCUT2D eigenvalue weighted by Crippen LogP contribution is 2.37. The summed E-state index contributed by atoms with van der Waals surface area (Å²) in [6.45, 7) is 0. The number of benzene rings is 2. The van der Waals surface area contributed by atoms with Crippen LogP contribution in [0.15, 0.2) is 59.5 Å². The van der Waals surface area contributed by atoms with Crippen molar-refractivity contribution in [3.8, 4) is 0 Å². The fraction of sp³-hybridized carbons (Fsp3) is 0.100. The summed E-state index contributed by atoms with van der Waals surface area (Å²) >= 11 is 12.3. The van der Waals surface area contributed by atoms with Crippen molar-refractivity contribution in [3.05, 3.63) is 70.1 Å². The lowest BCUT2D eigenvalue weighted by atomic mass is 10.2. The normalized spacial score (nSPS) is 21.3. The van der Waals surface area contributed by atoms with Crippen LogP contribution in [0.1, 0.15) is 12.0 Å². The molecule has 2 aromatic carbocycles.